The lowest BCUT2D eigenvalue weighted by atomic mass is 9.93. The lowest BCUT2D eigenvalue weighted by Crippen LogP contribution is -2.14. The van der Waals surface area contributed by atoms with E-state index in [1.807, 2.05) is 64.1 Å². The molecule has 1 aromatic heterocycles. The van der Waals surface area contributed by atoms with Crippen LogP contribution in [0, 0.1) is 0 Å². The van der Waals surface area contributed by atoms with Crippen molar-refractivity contribution in [3.05, 3.63) is 83.7 Å². The molecule has 0 aliphatic carbocycles. The number of rotatable bonds is 5. The summed E-state index contributed by atoms with van der Waals surface area (Å²) in [6.07, 6.45) is 3.25. The van der Waals surface area contributed by atoms with Crippen LogP contribution < -0.4 is 11.1 Å². The van der Waals surface area contributed by atoms with Gasteiger partial charge in [-0.05, 0) is 53.9 Å². The van der Waals surface area contributed by atoms with Gasteiger partial charge in [-0.25, -0.2) is 0 Å². The Morgan fingerprint density at radius 1 is 1.00 bits per heavy atom. The second kappa shape index (κ2) is 9.45. The lowest BCUT2D eigenvalue weighted by Gasteiger charge is -2.17. The minimum atomic E-state index is -0.226. The van der Waals surface area contributed by atoms with E-state index >= 15 is 0 Å². The van der Waals surface area contributed by atoms with E-state index in [0.29, 0.717) is 16.8 Å². The van der Waals surface area contributed by atoms with Crippen molar-refractivity contribution >= 4 is 28.5 Å². The van der Waals surface area contributed by atoms with Crippen LogP contribution in [0.4, 0.5) is 5.69 Å². The molecule has 0 aliphatic heterocycles. The van der Waals surface area contributed by atoms with E-state index in [1.165, 1.54) is 11.8 Å². The Labute approximate surface area is 187 Å². The van der Waals surface area contributed by atoms with Crippen LogP contribution in [-0.2, 0) is 0 Å². The molecular weight excluding hydrogens is 406 g/mol. The quantitative estimate of drug-likeness (QED) is 0.540. The average Bonchev–Trinajstić information content (AvgIpc) is 2.73. The number of thioether (sulfide) groups is 1. The summed E-state index contributed by atoms with van der Waals surface area (Å²) in [5, 5.41) is 2.89. The number of benzene rings is 2. The molecule has 0 spiro atoms. The zero-order valence-electron chi connectivity index (χ0n) is 18.2. The number of aromatic nitrogens is 1. The molecule has 1 atom stereocenters. The van der Waals surface area contributed by atoms with E-state index in [2.05, 4.69) is 10.3 Å². The summed E-state index contributed by atoms with van der Waals surface area (Å²) in [6.45, 7) is 7.94. The third-order valence-electron chi connectivity index (χ3n) is 4.55. The Kier molecular flexibility index (Phi) is 6.93. The number of pyridine rings is 1. The van der Waals surface area contributed by atoms with Crippen LogP contribution in [0.1, 0.15) is 60.0 Å². The topological polar surface area (TPSA) is 85.1 Å². The van der Waals surface area contributed by atoms with Gasteiger partial charge >= 0.3 is 0 Å². The molecule has 31 heavy (non-hydrogen) atoms. The molecule has 1 heterocycles. The predicted molar refractivity (Wildman–Crippen MR) is 128 cm³/mol. The molecule has 2 aromatic carbocycles. The van der Waals surface area contributed by atoms with Gasteiger partial charge in [0.2, 0.25) is 5.12 Å². The van der Waals surface area contributed by atoms with Crippen molar-refractivity contribution in [3.8, 4) is 11.1 Å². The molecule has 3 rings (SSSR count). The SMILES string of the molecule is CC(N)c1ccc(C(=O)Nc2ccncc2)cc1-c1cccc(C(=O)SC(C)(C)C)c1. The van der Waals surface area contributed by atoms with Gasteiger partial charge in [-0.3, -0.25) is 14.6 Å². The van der Waals surface area contributed by atoms with Crippen molar-refractivity contribution < 1.29 is 9.59 Å². The number of amides is 1. The predicted octanol–water partition coefficient (Wildman–Crippen LogP) is 5.69. The summed E-state index contributed by atoms with van der Waals surface area (Å²) >= 11 is 1.30. The molecule has 1 unspecified atom stereocenters. The normalized spacial score (nSPS) is 12.3. The van der Waals surface area contributed by atoms with Crippen LogP contribution in [0.2, 0.25) is 0 Å². The van der Waals surface area contributed by atoms with Gasteiger partial charge in [0.05, 0.1) is 0 Å². The highest BCUT2D eigenvalue weighted by molar-refractivity contribution is 8.15. The number of carbonyl (C=O) groups excluding carboxylic acids is 2. The Morgan fingerprint density at radius 3 is 2.35 bits per heavy atom. The summed E-state index contributed by atoms with van der Waals surface area (Å²) in [4.78, 5) is 29.5. The number of nitrogens with one attached hydrogen (secondary N) is 1. The van der Waals surface area contributed by atoms with Crippen LogP contribution in [0.25, 0.3) is 11.1 Å². The zero-order valence-corrected chi connectivity index (χ0v) is 19.0. The van der Waals surface area contributed by atoms with Crippen LogP contribution in [-0.4, -0.2) is 20.8 Å². The van der Waals surface area contributed by atoms with Crippen LogP contribution in [0.5, 0.6) is 0 Å². The number of carbonyl (C=O) groups is 2. The average molecular weight is 434 g/mol. The first-order valence-corrected chi connectivity index (χ1v) is 10.9. The summed E-state index contributed by atoms with van der Waals surface area (Å²) in [6, 6.07) is 16.2. The first kappa shape index (κ1) is 22.7. The lowest BCUT2D eigenvalue weighted by molar-refractivity contribution is 0.102. The summed E-state index contributed by atoms with van der Waals surface area (Å²) < 4.78 is -0.172. The van der Waals surface area contributed by atoms with Gasteiger partial charge in [-0.15, -0.1) is 0 Å². The van der Waals surface area contributed by atoms with Crippen LogP contribution in [0.15, 0.2) is 67.0 Å². The highest BCUT2D eigenvalue weighted by atomic mass is 32.2. The zero-order chi connectivity index (χ0) is 22.6. The third-order valence-corrected chi connectivity index (χ3v) is 5.59. The van der Waals surface area contributed by atoms with Crippen molar-refractivity contribution in [2.75, 3.05) is 5.32 Å². The maximum atomic E-state index is 12.8. The Hall–Kier alpha value is -2.96. The molecule has 0 saturated heterocycles. The molecular formula is C25H27N3O2S. The number of hydrogen-bond acceptors (Lipinski definition) is 5. The van der Waals surface area contributed by atoms with Gasteiger partial charge in [-0.2, -0.15) is 0 Å². The Bertz CT molecular complexity index is 1090. The molecule has 0 fully saturated rings. The van der Waals surface area contributed by atoms with Gasteiger partial charge in [0.25, 0.3) is 5.91 Å². The molecule has 6 heteroatoms. The maximum absolute atomic E-state index is 12.8. The van der Waals surface area contributed by atoms with E-state index < -0.39 is 0 Å². The number of nitrogens with two attached hydrogens (primary N) is 1. The fraction of sp³-hybridized carbons (Fsp3) is 0.240. The van der Waals surface area contributed by atoms with Gasteiger partial charge < -0.3 is 11.1 Å². The molecule has 1 amide bonds. The van der Waals surface area contributed by atoms with E-state index in [-0.39, 0.29) is 21.8 Å². The smallest absolute Gasteiger partial charge is 0.255 e. The molecule has 0 aliphatic rings. The maximum Gasteiger partial charge on any atom is 0.255 e. The second-order valence-electron chi connectivity index (χ2n) is 8.36. The first-order valence-electron chi connectivity index (χ1n) is 10.1. The second-order valence-corrected chi connectivity index (χ2v) is 10.2. The van der Waals surface area contributed by atoms with Gasteiger partial charge in [0.15, 0.2) is 0 Å². The highest BCUT2D eigenvalue weighted by Gasteiger charge is 2.19. The van der Waals surface area contributed by atoms with E-state index in [1.54, 1.807) is 30.6 Å². The van der Waals surface area contributed by atoms with Crippen molar-refractivity contribution in [1.82, 2.24) is 4.98 Å². The Morgan fingerprint density at radius 2 is 1.71 bits per heavy atom. The molecule has 3 aromatic rings. The van der Waals surface area contributed by atoms with Gasteiger partial charge in [0, 0.05) is 40.0 Å². The first-order chi connectivity index (χ1) is 14.6. The molecule has 3 N–H and O–H groups in total. The minimum absolute atomic E-state index is 0.0169. The summed E-state index contributed by atoms with van der Waals surface area (Å²) in [7, 11) is 0. The number of hydrogen-bond donors (Lipinski definition) is 2. The minimum Gasteiger partial charge on any atom is -0.324 e. The highest BCUT2D eigenvalue weighted by Crippen LogP contribution is 2.32. The number of anilines is 1. The fourth-order valence-corrected chi connectivity index (χ4v) is 3.93. The molecule has 0 saturated carbocycles. The van der Waals surface area contributed by atoms with Gasteiger partial charge in [-0.1, -0.05) is 56.8 Å². The van der Waals surface area contributed by atoms with Crippen molar-refractivity contribution in [2.45, 2.75) is 38.5 Å². The molecule has 160 valence electrons. The fourth-order valence-electron chi connectivity index (χ4n) is 3.13. The largest absolute Gasteiger partial charge is 0.324 e. The molecule has 5 nitrogen and oxygen atoms in total. The Balaban J connectivity index is 1.98. The number of nitrogens with zero attached hydrogens (tertiary/aromatic N) is 1. The summed E-state index contributed by atoms with van der Waals surface area (Å²) in [5.41, 5.74) is 10.6. The third kappa shape index (κ3) is 6.03. The molecule has 0 bridgehead atoms. The van der Waals surface area contributed by atoms with Crippen molar-refractivity contribution in [3.63, 3.8) is 0 Å². The van der Waals surface area contributed by atoms with E-state index in [0.717, 1.165) is 16.7 Å². The van der Waals surface area contributed by atoms with Crippen molar-refractivity contribution in [2.24, 2.45) is 5.73 Å². The van der Waals surface area contributed by atoms with Crippen LogP contribution in [0.3, 0.4) is 0 Å². The van der Waals surface area contributed by atoms with Gasteiger partial charge in [0.1, 0.15) is 0 Å². The standard InChI is InChI=1S/C25H27N3O2S/c1-16(26)21-9-8-18(23(29)28-20-10-12-27-13-11-20)15-22(21)17-6-5-7-19(14-17)24(30)31-25(2,3)4/h5-16H,26H2,1-4H3,(H,27,28,29). The van der Waals surface area contributed by atoms with E-state index in [4.69, 9.17) is 5.73 Å². The van der Waals surface area contributed by atoms with Crippen molar-refractivity contribution in [1.29, 1.82) is 0 Å². The summed E-state index contributed by atoms with van der Waals surface area (Å²) in [5.74, 6) is -0.223. The van der Waals surface area contributed by atoms with Crippen LogP contribution >= 0.6 is 11.8 Å². The van der Waals surface area contributed by atoms with E-state index in [9.17, 15) is 9.59 Å². The molecule has 0 radical (unpaired) electrons. The monoisotopic (exact) mass is 433 g/mol.